The third kappa shape index (κ3) is 0.268. The predicted octanol–water partition coefficient (Wildman–Crippen LogP) is 1.46. The third-order valence-corrected chi connectivity index (χ3v) is 8.90. The molecule has 5 heavy (non-hydrogen) atoms. The van der Waals surface area contributed by atoms with Crippen molar-refractivity contribution >= 4 is 13.6 Å². The summed E-state index contributed by atoms with van der Waals surface area (Å²) in [5, 5.41) is 6.94. The molecule has 0 aromatic heterocycles. The third-order valence-electron chi connectivity index (χ3n) is 1.71. The fraction of sp³-hybridized carbons (Fsp3) is 1.00. The van der Waals surface area contributed by atoms with E-state index < -0.39 is 0 Å². The van der Waals surface area contributed by atoms with Crippen LogP contribution in [-0.2, 0) is 0 Å². The molecule has 2 aliphatic rings. The Morgan fingerprint density at radius 3 is 1.20 bits per heavy atom. The van der Waals surface area contributed by atoms with Crippen LogP contribution in [0.25, 0.3) is 0 Å². The molecule has 0 N–H and O–H groups in total. The van der Waals surface area contributed by atoms with Gasteiger partial charge in [-0.2, -0.15) is 0 Å². The van der Waals surface area contributed by atoms with Crippen LogP contribution in [0.5, 0.6) is 0 Å². The van der Waals surface area contributed by atoms with Crippen molar-refractivity contribution in [1.82, 2.24) is 0 Å². The molecule has 0 bridgehead atoms. The monoisotopic (exact) mass is 131 g/mol. The zero-order valence-electron chi connectivity index (χ0n) is 3.28. The molecule has 0 aromatic carbocycles. The van der Waals surface area contributed by atoms with Crippen molar-refractivity contribution in [3.8, 4) is 0 Å². The van der Waals surface area contributed by atoms with Crippen molar-refractivity contribution in [3.05, 3.63) is 0 Å². The first-order valence-electron chi connectivity index (χ1n) is 2.26. The zero-order chi connectivity index (χ0) is 3.33. The van der Waals surface area contributed by atoms with Crippen LogP contribution < -0.4 is 0 Å². The molecule has 0 amide bonds. The summed E-state index contributed by atoms with van der Waals surface area (Å²) in [6.07, 6.45) is 0. The molecule has 2 aliphatic heterocycles. The van der Waals surface area contributed by atoms with E-state index in [1.54, 1.807) is 20.8 Å². The van der Waals surface area contributed by atoms with Gasteiger partial charge >= 0.3 is 34.4 Å². The second-order valence-corrected chi connectivity index (χ2v) is 11.6. The second-order valence-electron chi connectivity index (χ2n) is 2.24. The van der Waals surface area contributed by atoms with Crippen molar-refractivity contribution in [2.75, 3.05) is 0 Å². The van der Waals surface area contributed by atoms with E-state index in [1.807, 2.05) is 0 Å². The molecule has 1 heteroatoms. The molecule has 2 fully saturated rings. The van der Waals surface area contributed by atoms with Gasteiger partial charge in [0, 0.05) is 0 Å². The molecular weight excluding hydrogens is 123 g/mol. The van der Waals surface area contributed by atoms with Gasteiger partial charge in [0.25, 0.3) is 0 Å². The summed E-state index contributed by atoms with van der Waals surface area (Å²) in [6.45, 7) is 0. The van der Waals surface area contributed by atoms with E-state index in [2.05, 4.69) is 0 Å². The standard InChI is InChI=1S/C4H8As/c1-2-5(1)3-4-5/h1-4H2/q+1. The fourth-order valence-electron chi connectivity index (χ4n) is 0.730. The molecule has 0 atom stereocenters. The van der Waals surface area contributed by atoms with Crippen molar-refractivity contribution in [1.29, 1.82) is 0 Å². The van der Waals surface area contributed by atoms with E-state index in [1.165, 1.54) is 0 Å². The van der Waals surface area contributed by atoms with E-state index in [-0.39, 0.29) is 13.6 Å². The first-order valence-corrected chi connectivity index (χ1v) is 7.57. The SMILES string of the molecule is C1C[As+]12CC2. The van der Waals surface area contributed by atoms with Crippen LogP contribution in [0.4, 0.5) is 0 Å². The molecule has 1 spiro atoms. The minimum absolute atomic E-state index is 0.375. The fourth-order valence-corrected chi connectivity index (χ4v) is 9.96. The van der Waals surface area contributed by atoms with Gasteiger partial charge < -0.3 is 0 Å². The summed E-state index contributed by atoms with van der Waals surface area (Å²) in [7, 11) is 0. The van der Waals surface area contributed by atoms with Crippen LogP contribution in [-0.4, -0.2) is 13.6 Å². The van der Waals surface area contributed by atoms with Gasteiger partial charge in [-0.3, -0.25) is 0 Å². The molecule has 28 valence electrons. The Bertz CT molecular complexity index is 46.5. The van der Waals surface area contributed by atoms with Crippen LogP contribution in [0, 0.1) is 0 Å². The Labute approximate surface area is 35.0 Å². The minimum atomic E-state index is -0.375. The van der Waals surface area contributed by atoms with Gasteiger partial charge in [0.2, 0.25) is 0 Å². The van der Waals surface area contributed by atoms with Crippen LogP contribution in [0.1, 0.15) is 0 Å². The van der Waals surface area contributed by atoms with Crippen LogP contribution in [0.15, 0.2) is 0 Å². The summed E-state index contributed by atoms with van der Waals surface area (Å²) in [5.41, 5.74) is 0. The van der Waals surface area contributed by atoms with Gasteiger partial charge in [-0.15, -0.1) is 0 Å². The van der Waals surface area contributed by atoms with Crippen LogP contribution in [0.2, 0.25) is 20.8 Å². The quantitative estimate of drug-likeness (QED) is 0.436. The first kappa shape index (κ1) is 2.69. The number of hydrogen-bond donors (Lipinski definition) is 0. The van der Waals surface area contributed by atoms with Gasteiger partial charge in [-0.25, -0.2) is 0 Å². The Hall–Kier alpha value is 0.558. The van der Waals surface area contributed by atoms with Gasteiger partial charge in [-0.1, -0.05) is 0 Å². The van der Waals surface area contributed by atoms with Gasteiger partial charge in [0.15, 0.2) is 0 Å². The average Bonchev–Trinajstić information content (AvgIpc) is 2.17. The second kappa shape index (κ2) is 0.518. The summed E-state index contributed by atoms with van der Waals surface area (Å²) >= 11 is -0.375. The Morgan fingerprint density at radius 1 is 0.800 bits per heavy atom. The summed E-state index contributed by atoms with van der Waals surface area (Å²) < 4.78 is 0. The molecule has 0 saturated carbocycles. The van der Waals surface area contributed by atoms with Crippen LogP contribution in [0.3, 0.4) is 0 Å². The summed E-state index contributed by atoms with van der Waals surface area (Å²) in [6, 6.07) is 0. The first-order chi connectivity index (χ1) is 2.41. The maximum atomic E-state index is 1.73. The van der Waals surface area contributed by atoms with E-state index in [0.717, 1.165) is 0 Å². The van der Waals surface area contributed by atoms with E-state index in [9.17, 15) is 0 Å². The van der Waals surface area contributed by atoms with Gasteiger partial charge in [0.1, 0.15) is 0 Å². The van der Waals surface area contributed by atoms with Gasteiger partial charge in [-0.05, 0) is 0 Å². The molecule has 0 aromatic rings. The topological polar surface area (TPSA) is 0 Å². The van der Waals surface area contributed by atoms with Crippen LogP contribution >= 0.6 is 0 Å². The molecule has 0 nitrogen and oxygen atoms in total. The summed E-state index contributed by atoms with van der Waals surface area (Å²) in [4.78, 5) is 0. The molecule has 0 aliphatic carbocycles. The normalized spacial score (nSPS) is 38.4. The molecule has 2 heterocycles. The Morgan fingerprint density at radius 2 is 1.20 bits per heavy atom. The average molecular weight is 131 g/mol. The van der Waals surface area contributed by atoms with Gasteiger partial charge in [0.05, 0.1) is 0 Å². The zero-order valence-corrected chi connectivity index (χ0v) is 5.15. The molecular formula is C4H8As+. The molecule has 0 radical (unpaired) electrons. The van der Waals surface area contributed by atoms with Crippen molar-refractivity contribution in [2.45, 2.75) is 20.8 Å². The molecule has 0 unspecified atom stereocenters. The maximum absolute atomic E-state index is 1.73. The van der Waals surface area contributed by atoms with E-state index in [4.69, 9.17) is 0 Å². The number of hydrogen-bond acceptors (Lipinski definition) is 0. The van der Waals surface area contributed by atoms with E-state index >= 15 is 0 Å². The number of rotatable bonds is 0. The Kier molecular flexibility index (Phi) is 0.278. The molecule has 2 rings (SSSR count). The van der Waals surface area contributed by atoms with Crippen molar-refractivity contribution in [2.24, 2.45) is 0 Å². The predicted molar refractivity (Wildman–Crippen MR) is 25.0 cm³/mol. The van der Waals surface area contributed by atoms with Crippen molar-refractivity contribution < 1.29 is 0 Å². The Balaban J connectivity index is 2.30. The molecule has 2 saturated heterocycles. The van der Waals surface area contributed by atoms with Crippen molar-refractivity contribution in [3.63, 3.8) is 0 Å². The van der Waals surface area contributed by atoms with E-state index in [0.29, 0.717) is 0 Å². The summed E-state index contributed by atoms with van der Waals surface area (Å²) in [5.74, 6) is 0.